The Bertz CT molecular complexity index is 1360. The molecule has 0 radical (unpaired) electrons. The summed E-state index contributed by atoms with van der Waals surface area (Å²) in [6, 6.07) is 17.2. The van der Waals surface area contributed by atoms with Crippen LogP contribution in [-0.4, -0.2) is 28.4 Å². The third-order valence-corrected chi connectivity index (χ3v) is 7.64. The van der Waals surface area contributed by atoms with Crippen LogP contribution < -0.4 is 4.74 Å². The summed E-state index contributed by atoms with van der Waals surface area (Å²) in [6.45, 7) is -0.0629. The van der Waals surface area contributed by atoms with Gasteiger partial charge in [0.25, 0.3) is 11.1 Å². The molecule has 0 aromatic heterocycles. The molecule has 178 valence electrons. The molecule has 10 heteroatoms. The normalized spacial score (nSPS) is 14.6. The zero-order valence-electron chi connectivity index (χ0n) is 17.8. The molecule has 0 atom stereocenters. The van der Waals surface area contributed by atoms with Crippen LogP contribution in [0.2, 0.25) is 10.0 Å². The Morgan fingerprint density at radius 3 is 2.43 bits per heavy atom. The van der Waals surface area contributed by atoms with E-state index >= 15 is 0 Å². The summed E-state index contributed by atoms with van der Waals surface area (Å²) in [6.07, 6.45) is 1.61. The van der Waals surface area contributed by atoms with Gasteiger partial charge in [0, 0.05) is 25.6 Å². The molecular weight excluding hydrogens is 641 g/mol. The maximum absolute atomic E-state index is 12.8. The fourth-order valence-corrected chi connectivity index (χ4v) is 5.25. The second kappa shape index (κ2) is 11.3. The molecule has 0 unspecified atom stereocenters. The third-order valence-electron chi connectivity index (χ3n) is 4.99. The van der Waals surface area contributed by atoms with Crippen molar-refractivity contribution in [2.24, 2.45) is 0 Å². The minimum Gasteiger partial charge on any atom is -0.488 e. The largest absolute Gasteiger partial charge is 0.488 e. The highest BCUT2D eigenvalue weighted by Gasteiger charge is 2.36. The van der Waals surface area contributed by atoms with Crippen molar-refractivity contribution in [3.8, 4) is 5.75 Å². The number of halogens is 4. The molecule has 3 aromatic rings. The number of hydrogen-bond acceptors (Lipinski definition) is 5. The van der Waals surface area contributed by atoms with E-state index in [2.05, 4.69) is 31.9 Å². The molecule has 0 N–H and O–H groups in total. The van der Waals surface area contributed by atoms with Gasteiger partial charge in [-0.15, -0.1) is 0 Å². The number of thioether (sulfide) groups is 1. The Morgan fingerprint density at radius 1 is 1.00 bits per heavy atom. The quantitative estimate of drug-likeness (QED) is 0.191. The van der Waals surface area contributed by atoms with E-state index in [0.29, 0.717) is 31.4 Å². The standard InChI is InChI=1S/C25H15Br2Cl2NO4S/c26-17-5-2-15(3-6-17)21(31)12-30-24(32)23(35-25(30)33)10-14-1-8-22(19(27)9-14)34-13-16-4-7-18(28)11-20(16)29/h1-11H,12-13H2/b23-10+. The van der Waals surface area contributed by atoms with Crippen LogP contribution in [-0.2, 0) is 11.4 Å². The average Bonchev–Trinajstić information content (AvgIpc) is 3.07. The number of rotatable bonds is 7. The highest BCUT2D eigenvalue weighted by Crippen LogP contribution is 2.34. The van der Waals surface area contributed by atoms with E-state index in [9.17, 15) is 14.4 Å². The maximum atomic E-state index is 12.8. The van der Waals surface area contributed by atoms with E-state index in [-0.39, 0.29) is 23.8 Å². The van der Waals surface area contributed by atoms with Gasteiger partial charge in [-0.3, -0.25) is 19.3 Å². The van der Waals surface area contributed by atoms with Crippen LogP contribution in [0.1, 0.15) is 21.5 Å². The second-order valence-corrected chi connectivity index (χ2v) is 11.0. The third kappa shape index (κ3) is 6.37. The molecule has 0 spiro atoms. The molecule has 1 heterocycles. The Morgan fingerprint density at radius 2 is 1.74 bits per heavy atom. The predicted octanol–water partition coefficient (Wildman–Crippen LogP) is 8.02. The first kappa shape index (κ1) is 26.0. The van der Waals surface area contributed by atoms with Crippen LogP contribution in [0.5, 0.6) is 5.75 Å². The van der Waals surface area contributed by atoms with Crippen LogP contribution in [0.4, 0.5) is 4.79 Å². The summed E-state index contributed by atoms with van der Waals surface area (Å²) in [4.78, 5) is 39.0. The van der Waals surface area contributed by atoms with Gasteiger partial charge in [-0.2, -0.15) is 0 Å². The van der Waals surface area contributed by atoms with Crippen LogP contribution in [0.25, 0.3) is 6.08 Å². The minimum absolute atomic E-state index is 0.243. The number of amides is 2. The Hall–Kier alpha value is -2.10. The highest BCUT2D eigenvalue weighted by atomic mass is 79.9. The molecule has 1 aliphatic heterocycles. The molecule has 1 saturated heterocycles. The number of ether oxygens (including phenoxy) is 1. The zero-order valence-corrected chi connectivity index (χ0v) is 23.3. The topological polar surface area (TPSA) is 63.7 Å². The number of imide groups is 1. The van der Waals surface area contributed by atoms with Gasteiger partial charge in [0.1, 0.15) is 12.4 Å². The van der Waals surface area contributed by atoms with Gasteiger partial charge in [0.05, 0.1) is 15.9 Å². The molecule has 1 fully saturated rings. The fourth-order valence-electron chi connectivity index (χ4n) is 3.18. The number of carbonyl (C=O) groups is 3. The first-order chi connectivity index (χ1) is 16.7. The number of benzene rings is 3. The molecule has 0 saturated carbocycles. The van der Waals surface area contributed by atoms with Crippen molar-refractivity contribution in [3.05, 3.63) is 101 Å². The second-order valence-electron chi connectivity index (χ2n) is 7.41. The van der Waals surface area contributed by atoms with Gasteiger partial charge < -0.3 is 4.74 Å². The summed E-state index contributed by atoms with van der Waals surface area (Å²) in [5.74, 6) is -0.230. The summed E-state index contributed by atoms with van der Waals surface area (Å²) in [5, 5.41) is 0.580. The van der Waals surface area contributed by atoms with E-state index in [0.717, 1.165) is 26.7 Å². The maximum Gasteiger partial charge on any atom is 0.293 e. The SMILES string of the molecule is O=C(CN1C(=O)S/C(=C/c2ccc(OCc3ccc(Cl)cc3Cl)c(Br)c2)C1=O)c1ccc(Br)cc1. The van der Waals surface area contributed by atoms with E-state index in [1.807, 2.05) is 0 Å². The van der Waals surface area contributed by atoms with Gasteiger partial charge in [0.2, 0.25) is 0 Å². The van der Waals surface area contributed by atoms with E-state index in [4.69, 9.17) is 27.9 Å². The molecule has 1 aliphatic rings. The zero-order chi connectivity index (χ0) is 25.1. The number of nitrogens with zero attached hydrogens (tertiary/aromatic N) is 1. The molecule has 2 amide bonds. The molecule has 0 bridgehead atoms. The lowest BCUT2D eigenvalue weighted by Crippen LogP contribution is -2.33. The molecule has 3 aromatic carbocycles. The van der Waals surface area contributed by atoms with Crippen molar-refractivity contribution in [2.75, 3.05) is 6.54 Å². The van der Waals surface area contributed by atoms with Gasteiger partial charge in [0.15, 0.2) is 5.78 Å². The Kier molecular flexibility index (Phi) is 8.39. The van der Waals surface area contributed by atoms with Crippen molar-refractivity contribution in [1.82, 2.24) is 4.90 Å². The first-order valence-electron chi connectivity index (χ1n) is 10.1. The lowest BCUT2D eigenvalue weighted by molar-refractivity contribution is -0.122. The van der Waals surface area contributed by atoms with Crippen molar-refractivity contribution >= 4 is 89.8 Å². The molecule has 0 aliphatic carbocycles. The predicted molar refractivity (Wildman–Crippen MR) is 146 cm³/mol. The summed E-state index contributed by atoms with van der Waals surface area (Å²) < 4.78 is 7.35. The summed E-state index contributed by atoms with van der Waals surface area (Å²) >= 11 is 19.7. The van der Waals surface area contributed by atoms with Crippen LogP contribution in [0.15, 0.2) is 74.5 Å². The number of Topliss-reactive ketones (excluding diaryl/α,β-unsaturated/α-hetero) is 1. The fraction of sp³-hybridized carbons (Fsp3) is 0.0800. The Balaban J connectivity index is 1.43. The van der Waals surface area contributed by atoms with Crippen molar-refractivity contribution < 1.29 is 19.1 Å². The van der Waals surface area contributed by atoms with Crippen molar-refractivity contribution in [1.29, 1.82) is 0 Å². The van der Waals surface area contributed by atoms with Crippen LogP contribution in [0.3, 0.4) is 0 Å². The Labute approximate surface area is 232 Å². The van der Waals surface area contributed by atoms with E-state index in [1.165, 1.54) is 0 Å². The molecule has 35 heavy (non-hydrogen) atoms. The summed E-state index contributed by atoms with van der Waals surface area (Å²) in [7, 11) is 0. The van der Waals surface area contributed by atoms with Gasteiger partial charge in [-0.25, -0.2) is 0 Å². The van der Waals surface area contributed by atoms with Crippen molar-refractivity contribution in [2.45, 2.75) is 6.61 Å². The van der Waals surface area contributed by atoms with E-state index in [1.54, 1.807) is 66.7 Å². The number of carbonyl (C=O) groups excluding carboxylic acids is 3. The summed E-state index contributed by atoms with van der Waals surface area (Å²) in [5.41, 5.74) is 1.91. The van der Waals surface area contributed by atoms with Gasteiger partial charge in [-0.05, 0) is 75.7 Å². The first-order valence-corrected chi connectivity index (χ1v) is 13.3. The lowest BCUT2D eigenvalue weighted by atomic mass is 10.1. The smallest absolute Gasteiger partial charge is 0.293 e. The highest BCUT2D eigenvalue weighted by molar-refractivity contribution is 9.10. The van der Waals surface area contributed by atoms with Crippen molar-refractivity contribution in [3.63, 3.8) is 0 Å². The monoisotopic (exact) mass is 653 g/mol. The lowest BCUT2D eigenvalue weighted by Gasteiger charge is -2.11. The average molecular weight is 656 g/mol. The minimum atomic E-state index is -0.501. The number of ketones is 1. The van der Waals surface area contributed by atoms with Gasteiger partial charge >= 0.3 is 0 Å². The molecular formula is C25H15Br2Cl2NO4S. The van der Waals surface area contributed by atoms with Crippen LogP contribution >= 0.6 is 66.8 Å². The number of hydrogen-bond donors (Lipinski definition) is 0. The van der Waals surface area contributed by atoms with Crippen LogP contribution in [0, 0.1) is 0 Å². The molecule has 4 rings (SSSR count). The van der Waals surface area contributed by atoms with Gasteiger partial charge in [-0.1, -0.05) is 63.4 Å². The van der Waals surface area contributed by atoms with E-state index < -0.39 is 11.1 Å². The molecule has 5 nitrogen and oxygen atoms in total.